The average Bonchev–Trinajstić information content (AvgIpc) is 2.68. The SMILES string of the molecule is O=C(OCc1ccccc1)N1[C@@H](CCO)COC[C@H]1c1ccc(Br)cc1. The first-order valence-electron chi connectivity index (χ1n) is 8.62. The predicted molar refractivity (Wildman–Crippen MR) is 102 cm³/mol. The summed E-state index contributed by atoms with van der Waals surface area (Å²) in [4.78, 5) is 14.6. The number of halogens is 1. The van der Waals surface area contributed by atoms with Gasteiger partial charge in [-0.1, -0.05) is 58.4 Å². The van der Waals surface area contributed by atoms with E-state index >= 15 is 0 Å². The Kier molecular flexibility index (Phi) is 6.66. The summed E-state index contributed by atoms with van der Waals surface area (Å²) in [5.74, 6) is 0. The molecule has 26 heavy (non-hydrogen) atoms. The zero-order valence-electron chi connectivity index (χ0n) is 14.4. The van der Waals surface area contributed by atoms with E-state index in [9.17, 15) is 9.90 Å². The van der Waals surface area contributed by atoms with Gasteiger partial charge in [-0.25, -0.2) is 4.79 Å². The second-order valence-electron chi connectivity index (χ2n) is 6.22. The molecule has 2 aromatic carbocycles. The zero-order chi connectivity index (χ0) is 18.4. The van der Waals surface area contributed by atoms with Gasteiger partial charge < -0.3 is 14.6 Å². The van der Waals surface area contributed by atoms with Crippen LogP contribution in [0.5, 0.6) is 0 Å². The lowest BCUT2D eigenvalue weighted by molar-refractivity contribution is -0.0525. The van der Waals surface area contributed by atoms with Gasteiger partial charge in [0.1, 0.15) is 6.61 Å². The maximum absolute atomic E-state index is 12.9. The number of benzene rings is 2. The molecule has 1 amide bonds. The Hall–Kier alpha value is -1.89. The molecule has 0 unspecified atom stereocenters. The van der Waals surface area contributed by atoms with Crippen molar-refractivity contribution in [1.82, 2.24) is 4.90 Å². The van der Waals surface area contributed by atoms with Gasteiger partial charge in [-0.15, -0.1) is 0 Å². The molecule has 1 aliphatic heterocycles. The van der Waals surface area contributed by atoms with Gasteiger partial charge in [0.05, 0.1) is 25.3 Å². The Morgan fingerprint density at radius 2 is 1.88 bits per heavy atom. The number of aliphatic hydroxyl groups excluding tert-OH is 1. The number of carbonyl (C=O) groups excluding carboxylic acids is 1. The molecule has 0 radical (unpaired) electrons. The quantitative estimate of drug-likeness (QED) is 0.797. The van der Waals surface area contributed by atoms with Crippen LogP contribution in [0.3, 0.4) is 0 Å². The predicted octanol–water partition coefficient (Wildman–Crippen LogP) is 3.91. The van der Waals surface area contributed by atoms with Crippen molar-refractivity contribution < 1.29 is 19.4 Å². The Labute approximate surface area is 161 Å². The molecule has 1 N–H and O–H groups in total. The van der Waals surface area contributed by atoms with Crippen LogP contribution in [-0.4, -0.2) is 42.0 Å². The maximum atomic E-state index is 12.9. The molecule has 138 valence electrons. The maximum Gasteiger partial charge on any atom is 0.411 e. The lowest BCUT2D eigenvalue weighted by Crippen LogP contribution is -2.51. The third kappa shape index (κ3) is 4.63. The molecular weight excluding hydrogens is 398 g/mol. The van der Waals surface area contributed by atoms with E-state index in [0.717, 1.165) is 15.6 Å². The molecule has 2 atom stereocenters. The third-order valence-electron chi connectivity index (χ3n) is 4.45. The van der Waals surface area contributed by atoms with E-state index in [1.165, 1.54) is 0 Å². The molecule has 0 bridgehead atoms. The first-order valence-corrected chi connectivity index (χ1v) is 9.41. The Balaban J connectivity index is 1.78. The molecule has 1 fully saturated rings. The molecule has 2 aromatic rings. The van der Waals surface area contributed by atoms with Crippen molar-refractivity contribution in [3.8, 4) is 0 Å². The van der Waals surface area contributed by atoms with Gasteiger partial charge >= 0.3 is 6.09 Å². The van der Waals surface area contributed by atoms with Crippen molar-refractivity contribution in [2.45, 2.75) is 25.1 Å². The zero-order valence-corrected chi connectivity index (χ0v) is 16.0. The number of hydrogen-bond acceptors (Lipinski definition) is 4. The summed E-state index contributed by atoms with van der Waals surface area (Å²) in [6, 6.07) is 17.0. The molecule has 3 rings (SSSR count). The minimum absolute atomic E-state index is 0.0104. The standard InChI is InChI=1S/C20H22BrNO4/c21-17-8-6-16(7-9-17)19-14-25-13-18(10-11-23)22(19)20(24)26-12-15-4-2-1-3-5-15/h1-9,18-19,23H,10-14H2/t18-,19-/m0/s1. The molecule has 5 nitrogen and oxygen atoms in total. The van der Waals surface area contributed by atoms with Crippen molar-refractivity contribution in [3.63, 3.8) is 0 Å². The fourth-order valence-electron chi connectivity index (χ4n) is 3.11. The average molecular weight is 420 g/mol. The molecule has 1 heterocycles. The number of nitrogens with zero attached hydrogens (tertiary/aromatic N) is 1. The van der Waals surface area contributed by atoms with Crippen LogP contribution < -0.4 is 0 Å². The normalized spacial score (nSPS) is 20.0. The van der Waals surface area contributed by atoms with E-state index in [1.807, 2.05) is 54.6 Å². The Bertz CT molecular complexity index is 706. The molecule has 6 heteroatoms. The summed E-state index contributed by atoms with van der Waals surface area (Å²) in [6.07, 6.45) is 0.0662. The number of morpholine rings is 1. The van der Waals surface area contributed by atoms with E-state index in [0.29, 0.717) is 19.6 Å². The first-order chi connectivity index (χ1) is 12.7. The minimum atomic E-state index is -0.386. The summed E-state index contributed by atoms with van der Waals surface area (Å²) >= 11 is 3.43. The number of ether oxygens (including phenoxy) is 2. The van der Waals surface area contributed by atoms with Gasteiger partial charge in [-0.3, -0.25) is 4.90 Å². The first kappa shape index (κ1) is 18.9. The van der Waals surface area contributed by atoms with Gasteiger partial charge in [0.25, 0.3) is 0 Å². The molecule has 0 spiro atoms. The highest BCUT2D eigenvalue weighted by atomic mass is 79.9. The minimum Gasteiger partial charge on any atom is -0.445 e. The number of rotatable bonds is 5. The third-order valence-corrected chi connectivity index (χ3v) is 4.98. The van der Waals surface area contributed by atoms with Gasteiger partial charge in [-0.05, 0) is 29.7 Å². The highest BCUT2D eigenvalue weighted by Gasteiger charge is 2.36. The highest BCUT2D eigenvalue weighted by molar-refractivity contribution is 9.10. The van der Waals surface area contributed by atoms with Crippen LogP contribution >= 0.6 is 15.9 Å². The van der Waals surface area contributed by atoms with Crippen LogP contribution in [-0.2, 0) is 16.1 Å². The topological polar surface area (TPSA) is 59.0 Å². The summed E-state index contributed by atoms with van der Waals surface area (Å²) in [7, 11) is 0. The smallest absolute Gasteiger partial charge is 0.411 e. The fourth-order valence-corrected chi connectivity index (χ4v) is 3.38. The Morgan fingerprint density at radius 1 is 1.15 bits per heavy atom. The number of hydrogen-bond donors (Lipinski definition) is 1. The molecule has 1 saturated heterocycles. The van der Waals surface area contributed by atoms with Gasteiger partial charge in [0.2, 0.25) is 0 Å². The summed E-state index contributed by atoms with van der Waals surface area (Å²) in [5.41, 5.74) is 1.92. The van der Waals surface area contributed by atoms with Crippen LogP contribution in [0.25, 0.3) is 0 Å². The lowest BCUT2D eigenvalue weighted by Gasteiger charge is -2.41. The van der Waals surface area contributed by atoms with Gasteiger partial charge in [0.15, 0.2) is 0 Å². The number of amides is 1. The van der Waals surface area contributed by atoms with E-state index in [4.69, 9.17) is 9.47 Å². The number of carbonyl (C=O) groups is 1. The molecular formula is C20H22BrNO4. The van der Waals surface area contributed by atoms with Gasteiger partial charge in [-0.2, -0.15) is 0 Å². The van der Waals surface area contributed by atoms with Crippen LogP contribution in [0.4, 0.5) is 4.79 Å². The second kappa shape index (κ2) is 9.16. The molecule has 0 aromatic heterocycles. The Morgan fingerprint density at radius 3 is 2.58 bits per heavy atom. The molecule has 0 saturated carbocycles. The molecule has 1 aliphatic rings. The van der Waals surface area contributed by atoms with Crippen molar-refractivity contribution in [1.29, 1.82) is 0 Å². The largest absolute Gasteiger partial charge is 0.445 e. The van der Waals surface area contributed by atoms with Crippen LogP contribution in [0.2, 0.25) is 0 Å². The summed E-state index contributed by atoms with van der Waals surface area (Å²) in [6.45, 7) is 1.01. The van der Waals surface area contributed by atoms with E-state index in [-0.39, 0.29) is 31.4 Å². The molecule has 0 aliphatic carbocycles. The van der Waals surface area contributed by atoms with E-state index in [2.05, 4.69) is 15.9 Å². The van der Waals surface area contributed by atoms with Crippen LogP contribution in [0.1, 0.15) is 23.6 Å². The van der Waals surface area contributed by atoms with Gasteiger partial charge in [0, 0.05) is 11.1 Å². The van der Waals surface area contributed by atoms with Crippen molar-refractivity contribution >= 4 is 22.0 Å². The van der Waals surface area contributed by atoms with Crippen molar-refractivity contribution in [3.05, 3.63) is 70.2 Å². The van der Waals surface area contributed by atoms with Crippen molar-refractivity contribution in [2.75, 3.05) is 19.8 Å². The monoisotopic (exact) mass is 419 g/mol. The number of aliphatic hydroxyl groups is 1. The van der Waals surface area contributed by atoms with E-state index in [1.54, 1.807) is 4.90 Å². The van der Waals surface area contributed by atoms with Crippen LogP contribution in [0.15, 0.2) is 59.1 Å². The van der Waals surface area contributed by atoms with Crippen LogP contribution in [0, 0.1) is 0 Å². The van der Waals surface area contributed by atoms with Crippen molar-refractivity contribution in [2.24, 2.45) is 0 Å². The summed E-state index contributed by atoms with van der Waals surface area (Å²) in [5, 5.41) is 9.38. The van der Waals surface area contributed by atoms with E-state index < -0.39 is 0 Å². The second-order valence-corrected chi connectivity index (χ2v) is 7.13. The lowest BCUT2D eigenvalue weighted by atomic mass is 10.0. The summed E-state index contributed by atoms with van der Waals surface area (Å²) < 4.78 is 12.2. The fraction of sp³-hybridized carbons (Fsp3) is 0.350. The highest BCUT2D eigenvalue weighted by Crippen LogP contribution is 2.30.